The number of non-ortho nitro benzene ring substituents is 1. The zero-order valence-corrected chi connectivity index (χ0v) is 21.6. The predicted molar refractivity (Wildman–Crippen MR) is 147 cm³/mol. The fourth-order valence-corrected chi connectivity index (χ4v) is 4.73. The molecule has 2 heterocycles. The number of likely N-dealkylation sites (tertiary alicyclic amines) is 1. The molecule has 0 radical (unpaired) electrons. The minimum absolute atomic E-state index is 0.0576. The second-order valence-electron chi connectivity index (χ2n) is 9.39. The van der Waals surface area contributed by atoms with Crippen molar-refractivity contribution in [1.29, 1.82) is 0 Å². The Kier molecular flexibility index (Phi) is 7.37. The first-order valence-corrected chi connectivity index (χ1v) is 12.5. The maximum Gasteiger partial charge on any atom is 0.295 e. The molecule has 1 N–H and O–H groups in total. The van der Waals surface area contributed by atoms with Gasteiger partial charge in [0.1, 0.15) is 18.1 Å². The van der Waals surface area contributed by atoms with E-state index in [-0.39, 0.29) is 23.6 Å². The van der Waals surface area contributed by atoms with Crippen LogP contribution < -0.4 is 4.74 Å². The van der Waals surface area contributed by atoms with Crippen LogP contribution in [0.5, 0.6) is 5.75 Å². The summed E-state index contributed by atoms with van der Waals surface area (Å²) in [4.78, 5) is 42.7. The summed E-state index contributed by atoms with van der Waals surface area (Å²) in [5.41, 5.74) is 2.94. The summed E-state index contributed by atoms with van der Waals surface area (Å²) in [6.45, 7) is 2.20. The molecule has 9 nitrogen and oxygen atoms in total. The van der Waals surface area contributed by atoms with Crippen LogP contribution in [-0.4, -0.2) is 31.6 Å². The minimum atomic E-state index is -0.964. The van der Waals surface area contributed by atoms with Crippen molar-refractivity contribution in [3.8, 4) is 5.75 Å². The van der Waals surface area contributed by atoms with Crippen LogP contribution in [0.3, 0.4) is 0 Å². The zero-order chi connectivity index (χ0) is 28.2. The lowest BCUT2D eigenvalue weighted by Crippen LogP contribution is -2.29. The molecule has 1 atom stereocenters. The second-order valence-corrected chi connectivity index (χ2v) is 9.39. The molecule has 0 bridgehead atoms. The fraction of sp³-hybridized carbons (Fsp3) is 0.129. The maximum atomic E-state index is 13.4. The van der Waals surface area contributed by atoms with Gasteiger partial charge in [0.25, 0.3) is 17.4 Å². The lowest BCUT2D eigenvalue weighted by Gasteiger charge is -2.25. The zero-order valence-electron chi connectivity index (χ0n) is 21.6. The van der Waals surface area contributed by atoms with E-state index in [1.165, 1.54) is 29.2 Å². The third-order valence-electron chi connectivity index (χ3n) is 6.74. The monoisotopic (exact) mass is 535 g/mol. The Labute approximate surface area is 230 Å². The normalized spacial score (nSPS) is 16.2. The quantitative estimate of drug-likeness (QED) is 0.104. The number of nitro benzene ring substituents is 1. The van der Waals surface area contributed by atoms with Gasteiger partial charge in [0.2, 0.25) is 0 Å². The van der Waals surface area contributed by atoms with Crippen LogP contribution in [0.2, 0.25) is 0 Å². The van der Waals surface area contributed by atoms with Crippen molar-refractivity contribution < 1.29 is 24.4 Å². The lowest BCUT2D eigenvalue weighted by atomic mass is 9.93. The smallest absolute Gasteiger partial charge is 0.295 e. The molecule has 1 fully saturated rings. The van der Waals surface area contributed by atoms with Crippen LogP contribution >= 0.6 is 0 Å². The van der Waals surface area contributed by atoms with Gasteiger partial charge in [-0.3, -0.25) is 24.7 Å². The summed E-state index contributed by atoms with van der Waals surface area (Å²) in [6, 6.07) is 22.9. The summed E-state index contributed by atoms with van der Waals surface area (Å²) in [6.07, 6.45) is 3.19. The molecular weight excluding hydrogens is 510 g/mol. The van der Waals surface area contributed by atoms with Crippen LogP contribution in [0.25, 0.3) is 5.76 Å². The van der Waals surface area contributed by atoms with E-state index in [1.807, 2.05) is 30.3 Å². The number of carbonyl (C=O) groups excluding carboxylic acids is 2. The fourth-order valence-electron chi connectivity index (χ4n) is 4.73. The number of aryl methyl sites for hydroxylation is 1. The molecule has 4 aromatic rings. The van der Waals surface area contributed by atoms with E-state index in [0.717, 1.165) is 5.56 Å². The molecule has 0 unspecified atom stereocenters. The van der Waals surface area contributed by atoms with Crippen molar-refractivity contribution in [2.75, 3.05) is 0 Å². The highest BCUT2D eigenvalue weighted by Crippen LogP contribution is 2.41. The van der Waals surface area contributed by atoms with Crippen LogP contribution in [-0.2, 0) is 22.7 Å². The minimum Gasteiger partial charge on any atom is -0.507 e. The Hall–Kier alpha value is -5.31. The van der Waals surface area contributed by atoms with Crippen molar-refractivity contribution in [3.05, 3.63) is 141 Å². The highest BCUT2D eigenvalue weighted by atomic mass is 16.6. The largest absolute Gasteiger partial charge is 0.507 e. The molecule has 3 aromatic carbocycles. The van der Waals surface area contributed by atoms with Crippen LogP contribution in [0.1, 0.15) is 33.9 Å². The van der Waals surface area contributed by atoms with Crippen molar-refractivity contribution in [3.63, 3.8) is 0 Å². The lowest BCUT2D eigenvalue weighted by molar-refractivity contribution is -0.384. The first kappa shape index (κ1) is 26.3. The van der Waals surface area contributed by atoms with Crippen molar-refractivity contribution >= 4 is 23.1 Å². The molecule has 0 spiro atoms. The predicted octanol–water partition coefficient (Wildman–Crippen LogP) is 5.50. The molecule has 1 saturated heterocycles. The molecule has 9 heteroatoms. The van der Waals surface area contributed by atoms with Crippen molar-refractivity contribution in [2.24, 2.45) is 0 Å². The number of nitro groups is 1. The SMILES string of the molecule is Cc1cc(OCc2ccccc2)ccc1C(O)=C1C(=O)C(=O)N(Cc2cccnc2)[C@H]1c1ccc([N+](=O)[O-])cc1. The molecule has 200 valence electrons. The van der Waals surface area contributed by atoms with Crippen molar-refractivity contribution in [1.82, 2.24) is 9.88 Å². The number of aliphatic hydroxyl groups excluding tert-OH is 1. The van der Waals surface area contributed by atoms with Crippen LogP contribution in [0, 0.1) is 17.0 Å². The van der Waals surface area contributed by atoms with Gasteiger partial charge in [0.05, 0.1) is 16.5 Å². The summed E-state index contributed by atoms with van der Waals surface area (Å²) in [5.74, 6) is -1.37. The number of pyridine rings is 1. The Morgan fingerprint density at radius 2 is 1.73 bits per heavy atom. The van der Waals surface area contributed by atoms with Gasteiger partial charge in [-0.25, -0.2) is 0 Å². The molecule has 40 heavy (non-hydrogen) atoms. The molecule has 0 saturated carbocycles. The topological polar surface area (TPSA) is 123 Å². The third-order valence-corrected chi connectivity index (χ3v) is 6.74. The number of Topliss-reactive ketones (excluding diaryl/α,β-unsaturated/α-hetero) is 1. The first-order chi connectivity index (χ1) is 19.3. The molecule has 1 aliphatic rings. The number of carbonyl (C=O) groups is 2. The van der Waals surface area contributed by atoms with Gasteiger partial charge in [-0.05, 0) is 65.6 Å². The number of hydrogen-bond acceptors (Lipinski definition) is 7. The number of nitrogens with zero attached hydrogens (tertiary/aromatic N) is 3. The highest BCUT2D eigenvalue weighted by Gasteiger charge is 2.46. The van der Waals surface area contributed by atoms with E-state index in [9.17, 15) is 24.8 Å². The molecular formula is C31H25N3O6. The number of ketones is 1. The van der Waals surface area contributed by atoms with E-state index in [4.69, 9.17) is 4.74 Å². The van der Waals surface area contributed by atoms with Gasteiger partial charge in [-0.15, -0.1) is 0 Å². The average Bonchev–Trinajstić information content (AvgIpc) is 3.22. The number of amides is 1. The number of benzene rings is 3. The van der Waals surface area contributed by atoms with E-state index < -0.39 is 22.7 Å². The van der Waals surface area contributed by atoms with E-state index >= 15 is 0 Å². The maximum absolute atomic E-state index is 13.4. The van der Waals surface area contributed by atoms with Gasteiger partial charge in [0, 0.05) is 36.6 Å². The van der Waals surface area contributed by atoms with E-state index in [0.29, 0.717) is 34.6 Å². The Morgan fingerprint density at radius 3 is 2.38 bits per heavy atom. The van der Waals surface area contributed by atoms with Gasteiger partial charge in [-0.1, -0.05) is 36.4 Å². The number of hydrogen-bond donors (Lipinski definition) is 1. The van der Waals surface area contributed by atoms with Gasteiger partial charge < -0.3 is 14.7 Å². The Balaban J connectivity index is 1.53. The van der Waals surface area contributed by atoms with E-state index in [2.05, 4.69) is 4.98 Å². The average molecular weight is 536 g/mol. The number of aliphatic hydroxyl groups is 1. The molecule has 0 aliphatic carbocycles. The van der Waals surface area contributed by atoms with Crippen LogP contribution in [0.15, 0.2) is 103 Å². The highest BCUT2D eigenvalue weighted by molar-refractivity contribution is 6.46. The van der Waals surface area contributed by atoms with E-state index in [1.54, 1.807) is 49.6 Å². The molecule has 5 rings (SSSR count). The van der Waals surface area contributed by atoms with Gasteiger partial charge in [0.15, 0.2) is 0 Å². The summed E-state index contributed by atoms with van der Waals surface area (Å²) in [5, 5.41) is 22.7. The molecule has 1 amide bonds. The number of rotatable bonds is 8. The third kappa shape index (κ3) is 5.30. The molecule has 1 aliphatic heterocycles. The van der Waals surface area contributed by atoms with Gasteiger partial charge >= 0.3 is 0 Å². The van der Waals surface area contributed by atoms with Crippen molar-refractivity contribution in [2.45, 2.75) is 26.1 Å². The number of ether oxygens (including phenoxy) is 1. The molecule has 1 aromatic heterocycles. The van der Waals surface area contributed by atoms with Gasteiger partial charge in [-0.2, -0.15) is 0 Å². The summed E-state index contributed by atoms with van der Waals surface area (Å²) < 4.78 is 5.89. The van der Waals surface area contributed by atoms with Crippen LogP contribution in [0.4, 0.5) is 5.69 Å². The first-order valence-electron chi connectivity index (χ1n) is 12.5. The second kappa shape index (κ2) is 11.2. The summed E-state index contributed by atoms with van der Waals surface area (Å²) in [7, 11) is 0. The Morgan fingerprint density at radius 1 is 1.00 bits per heavy atom. The summed E-state index contributed by atoms with van der Waals surface area (Å²) >= 11 is 0. The number of aromatic nitrogens is 1. The Bertz CT molecular complexity index is 1600. The standard InChI is InChI=1S/C31H25N3O6/c1-20-16-25(40-19-21-6-3-2-4-7-21)13-14-26(20)29(35)27-28(23-9-11-24(12-10-23)34(38)39)33(31(37)30(27)36)18-22-8-5-15-32-17-22/h2-17,28,35H,18-19H2,1H3/t28-/m0/s1.